The highest BCUT2D eigenvalue weighted by molar-refractivity contribution is 5.46. The van der Waals surface area contributed by atoms with Crippen LogP contribution in [0.2, 0.25) is 0 Å². The summed E-state index contributed by atoms with van der Waals surface area (Å²) >= 11 is 0. The van der Waals surface area contributed by atoms with E-state index in [1.807, 2.05) is 0 Å². The van der Waals surface area contributed by atoms with Crippen molar-refractivity contribution in [1.82, 2.24) is 0 Å². The van der Waals surface area contributed by atoms with Crippen LogP contribution in [-0.2, 0) is 4.74 Å². The molecule has 1 atom stereocenters. The predicted octanol–water partition coefficient (Wildman–Crippen LogP) is 2.97. The third-order valence-electron chi connectivity index (χ3n) is 2.67. The van der Waals surface area contributed by atoms with Crippen molar-refractivity contribution in [3.8, 4) is 0 Å². The van der Waals surface area contributed by atoms with Crippen molar-refractivity contribution >= 4 is 5.69 Å². The van der Waals surface area contributed by atoms with Crippen LogP contribution in [0.1, 0.15) is 25.8 Å². The van der Waals surface area contributed by atoms with Crippen molar-refractivity contribution in [2.45, 2.75) is 38.8 Å². The minimum atomic E-state index is 0.108. The molecule has 1 heterocycles. The van der Waals surface area contributed by atoms with Gasteiger partial charge in [0.05, 0.1) is 12.7 Å². The van der Waals surface area contributed by atoms with Gasteiger partial charge >= 0.3 is 0 Å². The number of hydrogen-bond donors (Lipinski definition) is 1. The molecule has 15 heavy (non-hydrogen) atoms. The maximum absolute atomic E-state index is 5.26. The molecule has 0 spiro atoms. The van der Waals surface area contributed by atoms with Gasteiger partial charge in [0.2, 0.25) is 0 Å². The van der Waals surface area contributed by atoms with Gasteiger partial charge in [-0.05, 0) is 39.3 Å². The summed E-state index contributed by atoms with van der Waals surface area (Å²) in [6.45, 7) is 7.47. The van der Waals surface area contributed by atoms with E-state index in [1.54, 1.807) is 0 Å². The molecule has 0 aliphatic carbocycles. The molecule has 1 N–H and O–H groups in total. The lowest BCUT2D eigenvalue weighted by Crippen LogP contribution is -2.32. The van der Waals surface area contributed by atoms with Gasteiger partial charge in [-0.1, -0.05) is 17.7 Å². The summed E-state index contributed by atoms with van der Waals surface area (Å²) in [7, 11) is 0. The Kier molecular flexibility index (Phi) is 2.70. The number of benzene rings is 1. The van der Waals surface area contributed by atoms with Crippen LogP contribution < -0.4 is 5.32 Å². The van der Waals surface area contributed by atoms with Crippen molar-refractivity contribution in [1.29, 1.82) is 0 Å². The van der Waals surface area contributed by atoms with Gasteiger partial charge in [-0.2, -0.15) is 0 Å². The molecule has 0 amide bonds. The molecule has 1 aliphatic rings. The Hall–Kier alpha value is -1.02. The van der Waals surface area contributed by atoms with Crippen molar-refractivity contribution in [2.75, 3.05) is 11.9 Å². The van der Waals surface area contributed by atoms with Gasteiger partial charge in [-0.15, -0.1) is 0 Å². The van der Waals surface area contributed by atoms with Crippen molar-refractivity contribution in [3.05, 3.63) is 29.8 Å². The van der Waals surface area contributed by atoms with E-state index in [0.717, 1.165) is 13.0 Å². The SMILES string of the molecule is Cc1ccc(NC(C)(C)CC2CO2)cc1. The van der Waals surface area contributed by atoms with Gasteiger partial charge in [0.15, 0.2) is 0 Å². The zero-order chi connectivity index (χ0) is 10.9. The molecule has 2 heteroatoms. The molecule has 1 fully saturated rings. The number of aryl methyl sites for hydroxylation is 1. The number of hydrogen-bond acceptors (Lipinski definition) is 2. The van der Waals surface area contributed by atoms with Crippen molar-refractivity contribution < 1.29 is 4.74 Å². The fourth-order valence-corrected chi connectivity index (χ4v) is 1.83. The summed E-state index contributed by atoms with van der Waals surface area (Å²) in [6, 6.07) is 8.52. The van der Waals surface area contributed by atoms with E-state index in [0.29, 0.717) is 6.10 Å². The second-order valence-electron chi connectivity index (χ2n) is 5.03. The summed E-state index contributed by atoms with van der Waals surface area (Å²) in [5, 5.41) is 3.54. The molecule has 0 saturated carbocycles. The Balaban J connectivity index is 1.96. The molecule has 1 aromatic rings. The van der Waals surface area contributed by atoms with Crippen LogP contribution in [0.3, 0.4) is 0 Å². The molecule has 1 aromatic carbocycles. The molecule has 1 aliphatic heterocycles. The molecule has 0 aromatic heterocycles. The lowest BCUT2D eigenvalue weighted by Gasteiger charge is -2.27. The first-order chi connectivity index (χ1) is 7.05. The zero-order valence-electron chi connectivity index (χ0n) is 9.71. The predicted molar refractivity (Wildman–Crippen MR) is 63.2 cm³/mol. The van der Waals surface area contributed by atoms with E-state index < -0.39 is 0 Å². The third kappa shape index (κ3) is 3.24. The van der Waals surface area contributed by atoms with E-state index in [-0.39, 0.29) is 5.54 Å². The lowest BCUT2D eigenvalue weighted by molar-refractivity contribution is 0.358. The Morgan fingerprint density at radius 1 is 1.33 bits per heavy atom. The van der Waals surface area contributed by atoms with Crippen LogP contribution in [0, 0.1) is 6.92 Å². The van der Waals surface area contributed by atoms with Crippen LogP contribution in [0.15, 0.2) is 24.3 Å². The fraction of sp³-hybridized carbons (Fsp3) is 0.538. The molecule has 82 valence electrons. The molecular weight excluding hydrogens is 186 g/mol. The second-order valence-corrected chi connectivity index (χ2v) is 5.03. The summed E-state index contributed by atoms with van der Waals surface area (Å²) in [6.07, 6.45) is 1.54. The van der Waals surface area contributed by atoms with E-state index in [9.17, 15) is 0 Å². The minimum Gasteiger partial charge on any atom is -0.380 e. The Bertz CT molecular complexity index is 325. The summed E-state index contributed by atoms with van der Waals surface area (Å²) in [5.74, 6) is 0. The standard InChI is InChI=1S/C13H19NO/c1-10-4-6-11(7-5-10)14-13(2,3)8-12-9-15-12/h4-7,12,14H,8-9H2,1-3H3. The van der Waals surface area contributed by atoms with E-state index in [1.165, 1.54) is 11.3 Å². The number of ether oxygens (including phenoxy) is 1. The lowest BCUT2D eigenvalue weighted by atomic mass is 9.98. The average Bonchev–Trinajstić information content (AvgIpc) is 2.91. The summed E-state index contributed by atoms with van der Waals surface area (Å²) in [4.78, 5) is 0. The van der Waals surface area contributed by atoms with Gasteiger partial charge in [-0.3, -0.25) is 0 Å². The molecule has 2 rings (SSSR count). The van der Waals surface area contributed by atoms with Gasteiger partial charge < -0.3 is 10.1 Å². The molecule has 1 unspecified atom stereocenters. The number of rotatable bonds is 4. The van der Waals surface area contributed by atoms with Crippen LogP contribution in [0.25, 0.3) is 0 Å². The Labute approximate surface area is 91.6 Å². The second kappa shape index (κ2) is 3.86. The van der Waals surface area contributed by atoms with Crippen LogP contribution in [-0.4, -0.2) is 18.2 Å². The van der Waals surface area contributed by atoms with E-state index >= 15 is 0 Å². The zero-order valence-corrected chi connectivity index (χ0v) is 9.71. The van der Waals surface area contributed by atoms with Gasteiger partial charge in [-0.25, -0.2) is 0 Å². The number of anilines is 1. The van der Waals surface area contributed by atoms with Crippen molar-refractivity contribution in [2.24, 2.45) is 0 Å². The topological polar surface area (TPSA) is 24.6 Å². The maximum Gasteiger partial charge on any atom is 0.0832 e. The first-order valence-corrected chi connectivity index (χ1v) is 5.52. The monoisotopic (exact) mass is 205 g/mol. The van der Waals surface area contributed by atoms with Gasteiger partial charge in [0.1, 0.15) is 0 Å². The Morgan fingerprint density at radius 3 is 2.47 bits per heavy atom. The van der Waals surface area contributed by atoms with Crippen LogP contribution in [0.4, 0.5) is 5.69 Å². The molecule has 0 radical (unpaired) electrons. The fourth-order valence-electron chi connectivity index (χ4n) is 1.83. The summed E-state index contributed by atoms with van der Waals surface area (Å²) < 4.78 is 5.26. The molecule has 0 bridgehead atoms. The normalized spacial score (nSPS) is 20.1. The van der Waals surface area contributed by atoms with Crippen molar-refractivity contribution in [3.63, 3.8) is 0 Å². The van der Waals surface area contributed by atoms with Crippen LogP contribution in [0.5, 0.6) is 0 Å². The number of nitrogens with one attached hydrogen (secondary N) is 1. The highest BCUT2D eigenvalue weighted by atomic mass is 16.6. The molecule has 1 saturated heterocycles. The van der Waals surface area contributed by atoms with E-state index in [4.69, 9.17) is 4.74 Å². The quantitative estimate of drug-likeness (QED) is 0.764. The largest absolute Gasteiger partial charge is 0.380 e. The highest BCUT2D eigenvalue weighted by Crippen LogP contribution is 2.25. The first kappa shape index (κ1) is 10.5. The molecular formula is C13H19NO. The Morgan fingerprint density at radius 2 is 1.93 bits per heavy atom. The highest BCUT2D eigenvalue weighted by Gasteiger charge is 2.30. The minimum absolute atomic E-state index is 0.108. The smallest absolute Gasteiger partial charge is 0.0832 e. The summed E-state index contributed by atoms with van der Waals surface area (Å²) in [5.41, 5.74) is 2.59. The van der Waals surface area contributed by atoms with Gasteiger partial charge in [0.25, 0.3) is 0 Å². The van der Waals surface area contributed by atoms with Gasteiger partial charge in [0, 0.05) is 11.2 Å². The first-order valence-electron chi connectivity index (χ1n) is 5.52. The number of epoxide rings is 1. The molecule has 2 nitrogen and oxygen atoms in total. The maximum atomic E-state index is 5.26. The average molecular weight is 205 g/mol. The van der Waals surface area contributed by atoms with E-state index in [2.05, 4.69) is 50.4 Å². The third-order valence-corrected chi connectivity index (χ3v) is 2.67. The van der Waals surface area contributed by atoms with Crippen LogP contribution >= 0.6 is 0 Å².